The molecule has 0 bridgehead atoms. The number of rotatable bonds is 5. The Hall–Kier alpha value is -2.82. The molecule has 5 nitrogen and oxygen atoms in total. The van der Waals surface area contributed by atoms with Crippen LogP contribution in [0.15, 0.2) is 54.6 Å². The fraction of sp³-hybridized carbons (Fsp3) is 0.263. The Morgan fingerprint density at radius 2 is 1.75 bits per heavy atom. The molecule has 1 fully saturated rings. The maximum atomic E-state index is 12.7. The number of imide groups is 1. The maximum Gasteiger partial charge on any atom is 0.261 e. The standard InChI is InChI=1S/C19H19NO4/c1-19(13-24-16-6-4-3-5-7-16)12-17(21)20(19)18(22)14-8-10-15(23-2)11-9-14/h3-11H,12-13H2,1-2H3. The number of para-hydroxylation sites is 1. The summed E-state index contributed by atoms with van der Waals surface area (Å²) in [4.78, 5) is 26.0. The number of hydrogen-bond donors (Lipinski definition) is 0. The molecule has 1 unspecified atom stereocenters. The van der Waals surface area contributed by atoms with Crippen molar-refractivity contribution >= 4 is 11.8 Å². The molecule has 3 rings (SSSR count). The molecule has 2 aromatic rings. The van der Waals surface area contributed by atoms with Gasteiger partial charge in [0.05, 0.1) is 19.1 Å². The Bertz CT molecular complexity index is 742. The van der Waals surface area contributed by atoms with E-state index in [1.165, 1.54) is 4.90 Å². The van der Waals surface area contributed by atoms with Crippen LogP contribution in [-0.2, 0) is 4.79 Å². The number of β-lactam (4-membered cyclic amide) rings is 1. The van der Waals surface area contributed by atoms with Crippen LogP contribution in [-0.4, -0.2) is 36.0 Å². The molecular formula is C19H19NO4. The SMILES string of the molecule is COc1ccc(C(=O)N2C(=O)CC2(C)COc2ccccc2)cc1. The van der Waals surface area contributed by atoms with Crippen LogP contribution in [0.1, 0.15) is 23.7 Å². The van der Waals surface area contributed by atoms with Crippen molar-refractivity contribution < 1.29 is 19.1 Å². The zero-order valence-corrected chi connectivity index (χ0v) is 13.7. The molecule has 0 N–H and O–H groups in total. The predicted molar refractivity (Wildman–Crippen MR) is 89.1 cm³/mol. The number of benzene rings is 2. The predicted octanol–water partition coefficient (Wildman–Crippen LogP) is 2.91. The van der Waals surface area contributed by atoms with E-state index in [2.05, 4.69) is 0 Å². The van der Waals surface area contributed by atoms with Crippen molar-refractivity contribution in [3.63, 3.8) is 0 Å². The first-order valence-corrected chi connectivity index (χ1v) is 7.73. The van der Waals surface area contributed by atoms with Crippen LogP contribution < -0.4 is 9.47 Å². The highest BCUT2D eigenvalue weighted by Crippen LogP contribution is 2.34. The molecule has 1 aliphatic rings. The highest BCUT2D eigenvalue weighted by atomic mass is 16.5. The molecule has 24 heavy (non-hydrogen) atoms. The first kappa shape index (κ1) is 16.1. The third kappa shape index (κ3) is 2.97. The molecule has 1 aliphatic heterocycles. The highest BCUT2D eigenvalue weighted by molar-refractivity contribution is 6.09. The van der Waals surface area contributed by atoms with E-state index in [0.29, 0.717) is 17.7 Å². The lowest BCUT2D eigenvalue weighted by atomic mass is 9.85. The average Bonchev–Trinajstić information content (AvgIpc) is 2.60. The van der Waals surface area contributed by atoms with Crippen molar-refractivity contribution in [1.29, 1.82) is 0 Å². The van der Waals surface area contributed by atoms with Crippen LogP contribution in [0.3, 0.4) is 0 Å². The lowest BCUT2D eigenvalue weighted by Gasteiger charge is -2.47. The van der Waals surface area contributed by atoms with E-state index < -0.39 is 5.54 Å². The minimum absolute atomic E-state index is 0.185. The van der Waals surface area contributed by atoms with Crippen LogP contribution in [0, 0.1) is 0 Å². The molecule has 0 radical (unpaired) electrons. The number of hydrogen-bond acceptors (Lipinski definition) is 4. The second-order valence-electron chi connectivity index (χ2n) is 6.04. The van der Waals surface area contributed by atoms with Gasteiger partial charge in [-0.3, -0.25) is 14.5 Å². The van der Waals surface area contributed by atoms with Crippen molar-refractivity contribution in [3.05, 3.63) is 60.2 Å². The summed E-state index contributed by atoms with van der Waals surface area (Å²) in [5, 5.41) is 0. The largest absolute Gasteiger partial charge is 0.497 e. The molecule has 5 heteroatoms. The van der Waals surface area contributed by atoms with Gasteiger partial charge in [-0.05, 0) is 43.3 Å². The van der Waals surface area contributed by atoms with E-state index in [1.807, 2.05) is 37.3 Å². The molecule has 124 valence electrons. The second-order valence-corrected chi connectivity index (χ2v) is 6.04. The van der Waals surface area contributed by atoms with Gasteiger partial charge in [-0.1, -0.05) is 18.2 Å². The maximum absolute atomic E-state index is 12.7. The summed E-state index contributed by atoms with van der Waals surface area (Å²) >= 11 is 0. The normalized spacial score (nSPS) is 19.6. The fourth-order valence-electron chi connectivity index (χ4n) is 2.79. The molecule has 0 aliphatic carbocycles. The van der Waals surface area contributed by atoms with Gasteiger partial charge in [-0.15, -0.1) is 0 Å². The summed E-state index contributed by atoms with van der Waals surface area (Å²) in [6.07, 6.45) is 0.293. The lowest BCUT2D eigenvalue weighted by molar-refractivity contribution is -0.151. The smallest absolute Gasteiger partial charge is 0.261 e. The van der Waals surface area contributed by atoms with Gasteiger partial charge in [-0.25, -0.2) is 0 Å². The molecule has 1 saturated heterocycles. The zero-order valence-electron chi connectivity index (χ0n) is 13.7. The number of nitrogens with zero attached hydrogens (tertiary/aromatic N) is 1. The summed E-state index contributed by atoms with van der Waals surface area (Å²) in [6.45, 7) is 2.13. The van der Waals surface area contributed by atoms with Gasteiger partial charge < -0.3 is 9.47 Å². The van der Waals surface area contributed by atoms with Crippen molar-refractivity contribution in [2.75, 3.05) is 13.7 Å². The number of likely N-dealkylation sites (tertiary alicyclic amines) is 1. The van der Waals surface area contributed by atoms with E-state index in [9.17, 15) is 9.59 Å². The Labute approximate surface area is 140 Å². The zero-order chi connectivity index (χ0) is 17.2. The van der Waals surface area contributed by atoms with Gasteiger partial charge in [0.15, 0.2) is 0 Å². The van der Waals surface area contributed by atoms with Crippen molar-refractivity contribution in [3.8, 4) is 11.5 Å². The van der Waals surface area contributed by atoms with E-state index in [0.717, 1.165) is 5.75 Å². The summed E-state index contributed by atoms with van der Waals surface area (Å²) in [6, 6.07) is 16.1. The monoisotopic (exact) mass is 325 g/mol. The van der Waals surface area contributed by atoms with Crippen molar-refractivity contribution in [1.82, 2.24) is 4.90 Å². The molecule has 0 saturated carbocycles. The lowest BCUT2D eigenvalue weighted by Crippen LogP contribution is -2.66. The highest BCUT2D eigenvalue weighted by Gasteiger charge is 2.51. The molecule has 2 amide bonds. The molecule has 0 spiro atoms. The summed E-state index contributed by atoms with van der Waals surface area (Å²) < 4.78 is 10.8. The van der Waals surface area contributed by atoms with E-state index >= 15 is 0 Å². The number of ether oxygens (including phenoxy) is 2. The number of carbonyl (C=O) groups is 2. The minimum Gasteiger partial charge on any atom is -0.497 e. The summed E-state index contributed by atoms with van der Waals surface area (Å²) in [7, 11) is 1.56. The van der Waals surface area contributed by atoms with Crippen LogP contribution in [0.2, 0.25) is 0 Å². The van der Waals surface area contributed by atoms with Gasteiger partial charge >= 0.3 is 0 Å². The molecule has 1 atom stereocenters. The molecule has 2 aromatic carbocycles. The third-order valence-corrected chi connectivity index (χ3v) is 4.15. The van der Waals surface area contributed by atoms with E-state index in [4.69, 9.17) is 9.47 Å². The minimum atomic E-state index is -0.635. The topological polar surface area (TPSA) is 55.8 Å². The van der Waals surface area contributed by atoms with Crippen LogP contribution >= 0.6 is 0 Å². The third-order valence-electron chi connectivity index (χ3n) is 4.15. The van der Waals surface area contributed by atoms with Gasteiger partial charge in [0.2, 0.25) is 5.91 Å². The first-order chi connectivity index (χ1) is 11.5. The number of methoxy groups -OCH3 is 1. The van der Waals surface area contributed by atoms with Gasteiger partial charge in [0.1, 0.15) is 18.1 Å². The number of amides is 2. The van der Waals surface area contributed by atoms with Crippen molar-refractivity contribution in [2.24, 2.45) is 0 Å². The second kappa shape index (κ2) is 6.35. The van der Waals surface area contributed by atoms with Crippen molar-refractivity contribution in [2.45, 2.75) is 18.9 Å². The van der Waals surface area contributed by atoms with E-state index in [-0.39, 0.29) is 18.4 Å². The summed E-state index contributed by atoms with van der Waals surface area (Å²) in [5.41, 5.74) is -0.181. The Morgan fingerprint density at radius 1 is 1.08 bits per heavy atom. The van der Waals surface area contributed by atoms with Crippen LogP contribution in [0.4, 0.5) is 0 Å². The average molecular weight is 325 g/mol. The fourth-order valence-corrected chi connectivity index (χ4v) is 2.79. The summed E-state index contributed by atoms with van der Waals surface area (Å²) in [5.74, 6) is 0.884. The molecule has 0 aromatic heterocycles. The Balaban J connectivity index is 1.72. The van der Waals surface area contributed by atoms with Gasteiger partial charge in [-0.2, -0.15) is 0 Å². The molecule has 1 heterocycles. The molecular weight excluding hydrogens is 306 g/mol. The Kier molecular flexibility index (Phi) is 4.25. The van der Waals surface area contributed by atoms with Gasteiger partial charge in [0, 0.05) is 5.56 Å². The quantitative estimate of drug-likeness (QED) is 0.626. The Morgan fingerprint density at radius 3 is 2.33 bits per heavy atom. The van der Waals surface area contributed by atoms with Gasteiger partial charge in [0.25, 0.3) is 5.91 Å². The number of carbonyl (C=O) groups excluding carboxylic acids is 2. The van der Waals surface area contributed by atoms with E-state index in [1.54, 1.807) is 31.4 Å². The van der Waals surface area contributed by atoms with Crippen LogP contribution in [0.5, 0.6) is 11.5 Å². The first-order valence-electron chi connectivity index (χ1n) is 7.73. The van der Waals surface area contributed by atoms with Crippen LogP contribution in [0.25, 0.3) is 0 Å².